The number of hydrogen-bond donors (Lipinski definition) is 4. The third-order valence-corrected chi connectivity index (χ3v) is 4.01. The minimum Gasteiger partial charge on any atom is -0.460 e. The topological polar surface area (TPSA) is 291 Å². The molecule has 46 heavy (non-hydrogen) atoms. The lowest BCUT2D eigenvalue weighted by Gasteiger charge is -2.22. The minimum atomic E-state index is -1.35. The zero-order valence-electron chi connectivity index (χ0n) is 24.3. The van der Waals surface area contributed by atoms with Crippen molar-refractivity contribution in [2.24, 2.45) is 0 Å². The predicted molar refractivity (Wildman–Crippen MR) is 148 cm³/mol. The summed E-state index contributed by atoms with van der Waals surface area (Å²) < 4.78 is 35.6. The van der Waals surface area contributed by atoms with Crippen LogP contribution in [0.15, 0.2) is 0 Å². The minimum absolute atomic E-state index is 0. The van der Waals surface area contributed by atoms with E-state index in [0.717, 1.165) is 0 Å². The van der Waals surface area contributed by atoms with E-state index in [1.807, 2.05) is 0 Å². The Morgan fingerprint density at radius 3 is 1.22 bits per heavy atom. The Kier molecular flexibility index (Phi) is 29.6. The summed E-state index contributed by atoms with van der Waals surface area (Å²) in [5.74, 6) is -5.63. The van der Waals surface area contributed by atoms with Crippen LogP contribution in [0.2, 0.25) is 0 Å². The Morgan fingerprint density at radius 1 is 0.674 bits per heavy atom. The van der Waals surface area contributed by atoms with E-state index < -0.39 is 85.4 Å². The molecule has 0 aromatic carbocycles. The number of carbonyl (C=O) groups is 8. The number of esters is 8. The predicted octanol–water partition coefficient (Wildman–Crippen LogP) is -2.89. The van der Waals surface area contributed by atoms with Gasteiger partial charge in [-0.3, -0.25) is 0 Å². The molecule has 4 unspecified atom stereocenters. The zero-order chi connectivity index (χ0) is 34.2. The summed E-state index contributed by atoms with van der Waals surface area (Å²) in [7, 11) is 0. The molecule has 0 spiro atoms. The maximum absolute atomic E-state index is 11.1. The summed E-state index contributed by atoms with van der Waals surface area (Å²) >= 11 is 0. The van der Waals surface area contributed by atoms with Crippen LogP contribution in [0.5, 0.6) is 0 Å². The Balaban J connectivity index is -0.000000301. The SMILES string of the molecule is C.C.CC(O)C(=O)OCC(=O)OCCOC(=O)COC(=O)C(C)O.CC1OC(=O)C(C)OC1=O.O=C1COC(=O)CO1.OCCO. The van der Waals surface area contributed by atoms with E-state index in [2.05, 4.69) is 37.9 Å². The van der Waals surface area contributed by atoms with E-state index in [-0.39, 0.29) is 54.5 Å². The van der Waals surface area contributed by atoms with E-state index in [1.54, 1.807) is 0 Å². The van der Waals surface area contributed by atoms with Gasteiger partial charge in [0.25, 0.3) is 0 Å². The lowest BCUT2D eigenvalue weighted by atomic mass is 10.3. The molecular formula is C26H44O20. The molecule has 0 saturated carbocycles. The molecule has 2 saturated heterocycles. The summed E-state index contributed by atoms with van der Waals surface area (Å²) in [5, 5.41) is 32.8. The van der Waals surface area contributed by atoms with Crippen LogP contribution >= 0.6 is 0 Å². The molecule has 0 amide bonds. The van der Waals surface area contributed by atoms with E-state index in [0.29, 0.717) is 0 Å². The third-order valence-electron chi connectivity index (χ3n) is 4.01. The van der Waals surface area contributed by atoms with Gasteiger partial charge in [0.2, 0.25) is 0 Å². The molecule has 0 aromatic heterocycles. The maximum Gasteiger partial charge on any atom is 0.347 e. The van der Waals surface area contributed by atoms with Crippen molar-refractivity contribution in [1.29, 1.82) is 0 Å². The first-order valence-corrected chi connectivity index (χ1v) is 12.5. The molecule has 2 aliphatic rings. The van der Waals surface area contributed by atoms with Crippen molar-refractivity contribution in [3.05, 3.63) is 0 Å². The lowest BCUT2D eigenvalue weighted by Crippen LogP contribution is -2.40. The molecule has 2 rings (SSSR count). The van der Waals surface area contributed by atoms with Crippen molar-refractivity contribution in [1.82, 2.24) is 0 Å². The molecule has 4 N–H and O–H groups in total. The van der Waals surface area contributed by atoms with Crippen molar-refractivity contribution in [2.75, 3.05) is 52.9 Å². The van der Waals surface area contributed by atoms with Crippen LogP contribution < -0.4 is 0 Å². The van der Waals surface area contributed by atoms with Gasteiger partial charge in [-0.15, -0.1) is 0 Å². The molecule has 268 valence electrons. The van der Waals surface area contributed by atoms with E-state index in [1.165, 1.54) is 27.7 Å². The number of cyclic esters (lactones) is 4. The first kappa shape index (κ1) is 48.5. The molecular weight excluding hydrogens is 632 g/mol. The number of hydrogen-bond acceptors (Lipinski definition) is 20. The van der Waals surface area contributed by atoms with Crippen LogP contribution in [0.25, 0.3) is 0 Å². The second kappa shape index (κ2) is 28.1. The number of carbonyl (C=O) groups excluding carboxylic acids is 8. The molecule has 2 fully saturated rings. The quantitative estimate of drug-likeness (QED) is 0.103. The van der Waals surface area contributed by atoms with Gasteiger partial charge in [0.15, 0.2) is 38.6 Å². The highest BCUT2D eigenvalue weighted by molar-refractivity contribution is 5.87. The van der Waals surface area contributed by atoms with Crippen molar-refractivity contribution < 1.29 is 96.7 Å². The van der Waals surface area contributed by atoms with Crippen LogP contribution in [0.1, 0.15) is 42.5 Å². The van der Waals surface area contributed by atoms with Gasteiger partial charge < -0.3 is 58.3 Å². The maximum atomic E-state index is 11.1. The first-order valence-electron chi connectivity index (χ1n) is 12.5. The number of ether oxygens (including phenoxy) is 8. The highest BCUT2D eigenvalue weighted by atomic mass is 16.7. The monoisotopic (exact) mass is 676 g/mol. The van der Waals surface area contributed by atoms with Crippen LogP contribution in [0, 0.1) is 0 Å². The fraction of sp³-hybridized carbons (Fsp3) is 0.692. The van der Waals surface area contributed by atoms with Gasteiger partial charge in [0.05, 0.1) is 13.2 Å². The summed E-state index contributed by atoms with van der Waals surface area (Å²) in [6.45, 7) is 2.65. The molecule has 0 aromatic rings. The molecule has 20 nitrogen and oxygen atoms in total. The number of aliphatic hydroxyl groups excluding tert-OH is 4. The molecule has 2 aliphatic heterocycles. The molecule has 0 bridgehead atoms. The average molecular weight is 677 g/mol. The fourth-order valence-corrected chi connectivity index (χ4v) is 1.89. The molecule has 2 heterocycles. The van der Waals surface area contributed by atoms with Gasteiger partial charge in [-0.1, -0.05) is 14.9 Å². The fourth-order valence-electron chi connectivity index (χ4n) is 1.89. The molecule has 4 atom stereocenters. The lowest BCUT2D eigenvalue weighted by molar-refractivity contribution is -0.191. The second-order valence-electron chi connectivity index (χ2n) is 7.94. The highest BCUT2D eigenvalue weighted by Crippen LogP contribution is 2.08. The number of rotatable bonds is 10. The van der Waals surface area contributed by atoms with Crippen molar-refractivity contribution >= 4 is 47.8 Å². The molecule has 0 aliphatic carbocycles. The van der Waals surface area contributed by atoms with Crippen LogP contribution in [0.3, 0.4) is 0 Å². The van der Waals surface area contributed by atoms with Crippen LogP contribution in [-0.4, -0.2) is 145 Å². The summed E-state index contributed by atoms with van der Waals surface area (Å²) in [6.07, 6.45) is -4.19. The van der Waals surface area contributed by atoms with Gasteiger partial charge in [-0.25, -0.2) is 38.4 Å². The Labute approximate surface area is 264 Å². The standard InChI is InChI=1S/C12H18O10.C6H8O4.C4H4O4.C2H6O2.2CH4/c1-7(13)11(17)21-5-9(15)19-3-4-20-10(16)6-22-12(18)8(2)14;1-3-5(7)10-4(2)6(8)9-3;5-3-1-7-4(6)2-8-3;3-1-2-4;;/h7-8,13-14H,3-6H2,1-2H3;3-4H,1-2H3;1-2H2;3-4H,1-2H2;2*1H4. The smallest absolute Gasteiger partial charge is 0.347 e. The summed E-state index contributed by atoms with van der Waals surface area (Å²) in [6, 6.07) is 0. The van der Waals surface area contributed by atoms with Gasteiger partial charge in [0, 0.05) is 0 Å². The zero-order valence-corrected chi connectivity index (χ0v) is 24.3. The molecule has 20 heteroatoms. The van der Waals surface area contributed by atoms with Crippen molar-refractivity contribution in [3.63, 3.8) is 0 Å². The molecule has 0 radical (unpaired) electrons. The van der Waals surface area contributed by atoms with Crippen molar-refractivity contribution in [3.8, 4) is 0 Å². The second-order valence-corrected chi connectivity index (χ2v) is 7.94. The third kappa shape index (κ3) is 26.0. The van der Waals surface area contributed by atoms with E-state index >= 15 is 0 Å². The van der Waals surface area contributed by atoms with Gasteiger partial charge in [-0.05, 0) is 27.7 Å². The normalized spacial score (nSPS) is 17.3. The average Bonchev–Trinajstić information content (AvgIpc) is 2.98. The van der Waals surface area contributed by atoms with Crippen LogP contribution in [0.4, 0.5) is 0 Å². The van der Waals surface area contributed by atoms with E-state index in [9.17, 15) is 38.4 Å². The van der Waals surface area contributed by atoms with Gasteiger partial charge in [0.1, 0.15) is 25.4 Å². The van der Waals surface area contributed by atoms with Gasteiger partial charge in [-0.2, -0.15) is 0 Å². The number of aliphatic hydroxyl groups is 4. The Hall–Kier alpha value is -4.40. The van der Waals surface area contributed by atoms with Crippen LogP contribution in [-0.2, 0) is 76.3 Å². The van der Waals surface area contributed by atoms with Crippen molar-refractivity contribution in [2.45, 2.75) is 67.0 Å². The van der Waals surface area contributed by atoms with E-state index in [4.69, 9.17) is 20.4 Å². The highest BCUT2D eigenvalue weighted by Gasteiger charge is 2.32. The van der Waals surface area contributed by atoms with Gasteiger partial charge >= 0.3 is 47.8 Å². The summed E-state index contributed by atoms with van der Waals surface area (Å²) in [4.78, 5) is 85.4. The largest absolute Gasteiger partial charge is 0.460 e. The Morgan fingerprint density at radius 2 is 0.978 bits per heavy atom. The first-order chi connectivity index (χ1) is 20.5. The Bertz CT molecular complexity index is 871. The summed E-state index contributed by atoms with van der Waals surface area (Å²) in [5.41, 5.74) is 0.